The van der Waals surface area contributed by atoms with Crippen LogP contribution < -0.4 is 5.73 Å². The Bertz CT molecular complexity index is 266. The summed E-state index contributed by atoms with van der Waals surface area (Å²) in [6.45, 7) is 1.95. The number of nitrogens with two attached hydrogens (primary N) is 1. The molecule has 1 heterocycles. The first kappa shape index (κ1) is 8.01. The fourth-order valence-electron chi connectivity index (χ4n) is 0.663. The lowest BCUT2D eigenvalue weighted by molar-refractivity contribution is 1.23. The number of rotatable bonds is 1. The lowest BCUT2D eigenvalue weighted by Crippen LogP contribution is -2.13. The summed E-state index contributed by atoms with van der Waals surface area (Å²) in [6.07, 6.45) is 1.71. The maximum Gasteiger partial charge on any atom is 0.163 e. The molecule has 0 aromatic carbocycles. The molecule has 0 fully saturated rings. The van der Waals surface area contributed by atoms with Gasteiger partial charge in [-0.25, -0.2) is 0 Å². The highest BCUT2D eigenvalue weighted by Gasteiger charge is 1.96. The average Bonchev–Trinajstić information content (AvgIpc) is 2.05. The number of hydrogen-bond donors (Lipinski definition) is 1. The van der Waals surface area contributed by atoms with Crippen molar-refractivity contribution in [1.29, 1.82) is 0 Å². The van der Waals surface area contributed by atoms with Gasteiger partial charge in [-0.05, 0) is 18.6 Å². The molecule has 1 rings (SSSR count). The van der Waals surface area contributed by atoms with Gasteiger partial charge in [-0.15, -0.1) is 0 Å². The Labute approximate surface area is 70.0 Å². The van der Waals surface area contributed by atoms with E-state index >= 15 is 0 Å². The summed E-state index contributed by atoms with van der Waals surface area (Å²) < 4.78 is 3.29. The second-order valence-corrected chi connectivity index (χ2v) is 2.36. The first-order valence-electron chi connectivity index (χ1n) is 3.11. The Morgan fingerprint density at radius 1 is 1.64 bits per heavy atom. The summed E-state index contributed by atoms with van der Waals surface area (Å²) in [5.41, 5.74) is 7.08. The Hall–Kier alpha value is -1.09. The van der Waals surface area contributed by atoms with Crippen LogP contribution in [0.25, 0.3) is 0 Å². The number of aryl methyl sites for hydroxylation is 1. The fourth-order valence-corrected chi connectivity index (χ4v) is 0.749. The van der Waals surface area contributed by atoms with Crippen LogP contribution in [0, 0.1) is 6.92 Å². The van der Waals surface area contributed by atoms with Gasteiger partial charge in [0.15, 0.2) is 5.84 Å². The smallest absolute Gasteiger partial charge is 0.163 e. The van der Waals surface area contributed by atoms with Crippen molar-refractivity contribution in [1.82, 2.24) is 4.98 Å². The summed E-state index contributed by atoms with van der Waals surface area (Å²) in [6, 6.07) is 3.67. The SMILES string of the molecule is Cc1ccc(C(N)=NCl)nc1. The molecule has 11 heavy (non-hydrogen) atoms. The largest absolute Gasteiger partial charge is 0.381 e. The first-order valence-corrected chi connectivity index (χ1v) is 3.45. The molecule has 2 N–H and O–H groups in total. The topological polar surface area (TPSA) is 51.3 Å². The molecule has 0 radical (unpaired) electrons. The Balaban J connectivity index is 2.99. The van der Waals surface area contributed by atoms with Gasteiger partial charge in [-0.2, -0.15) is 4.51 Å². The zero-order valence-electron chi connectivity index (χ0n) is 6.08. The molecule has 3 nitrogen and oxygen atoms in total. The molecule has 0 bridgehead atoms. The van der Waals surface area contributed by atoms with E-state index in [1.807, 2.05) is 13.0 Å². The second kappa shape index (κ2) is 3.34. The molecule has 1 aromatic heterocycles. The van der Waals surface area contributed by atoms with Crippen LogP contribution >= 0.6 is 11.8 Å². The Morgan fingerprint density at radius 2 is 2.36 bits per heavy atom. The van der Waals surface area contributed by atoms with Crippen molar-refractivity contribution in [2.75, 3.05) is 0 Å². The van der Waals surface area contributed by atoms with Gasteiger partial charge in [0.25, 0.3) is 0 Å². The fraction of sp³-hybridized carbons (Fsp3) is 0.143. The zero-order valence-corrected chi connectivity index (χ0v) is 6.84. The third-order valence-corrected chi connectivity index (χ3v) is 1.45. The molecule has 0 aliphatic carbocycles. The number of aromatic nitrogens is 1. The van der Waals surface area contributed by atoms with Gasteiger partial charge in [-0.1, -0.05) is 6.07 Å². The Kier molecular flexibility index (Phi) is 2.44. The molecule has 0 amide bonds. The van der Waals surface area contributed by atoms with Crippen LogP contribution in [0.1, 0.15) is 11.3 Å². The van der Waals surface area contributed by atoms with Crippen molar-refractivity contribution in [2.24, 2.45) is 10.2 Å². The number of pyridine rings is 1. The molecule has 0 spiro atoms. The summed E-state index contributed by atoms with van der Waals surface area (Å²) >= 11 is 5.15. The number of nitrogens with zero attached hydrogens (tertiary/aromatic N) is 2. The van der Waals surface area contributed by atoms with Crippen LogP contribution in [0.4, 0.5) is 0 Å². The lowest BCUT2D eigenvalue weighted by atomic mass is 10.3. The number of hydrogen-bond acceptors (Lipinski definition) is 2. The maximum atomic E-state index is 5.40. The van der Waals surface area contributed by atoms with Crippen molar-refractivity contribution in [3.8, 4) is 0 Å². The zero-order chi connectivity index (χ0) is 8.27. The average molecular weight is 170 g/mol. The monoisotopic (exact) mass is 169 g/mol. The molecule has 0 saturated heterocycles. The summed E-state index contributed by atoms with van der Waals surface area (Å²) in [5.74, 6) is 0.242. The molecular weight excluding hydrogens is 162 g/mol. The molecule has 1 aromatic rings. The van der Waals surface area contributed by atoms with Gasteiger partial charge in [0, 0.05) is 18.0 Å². The predicted molar refractivity (Wildman–Crippen MR) is 45.6 cm³/mol. The van der Waals surface area contributed by atoms with E-state index in [0.717, 1.165) is 5.56 Å². The van der Waals surface area contributed by atoms with Crippen LogP contribution in [0.15, 0.2) is 22.8 Å². The molecule has 0 aliphatic rings. The van der Waals surface area contributed by atoms with Gasteiger partial charge in [-0.3, -0.25) is 4.98 Å². The normalized spacial score (nSPS) is 11.6. The molecule has 0 atom stereocenters. The van der Waals surface area contributed by atoms with Crippen molar-refractivity contribution in [2.45, 2.75) is 6.92 Å². The number of amidine groups is 1. The summed E-state index contributed by atoms with van der Waals surface area (Å²) in [4.78, 5) is 4.01. The minimum absolute atomic E-state index is 0.242. The van der Waals surface area contributed by atoms with Crippen LogP contribution in [0.5, 0.6) is 0 Å². The van der Waals surface area contributed by atoms with E-state index < -0.39 is 0 Å². The van der Waals surface area contributed by atoms with Crippen LogP contribution in [-0.2, 0) is 0 Å². The van der Waals surface area contributed by atoms with Crippen LogP contribution in [0.2, 0.25) is 0 Å². The van der Waals surface area contributed by atoms with Crippen LogP contribution in [0.3, 0.4) is 0 Å². The number of halogens is 1. The quantitative estimate of drug-likeness (QED) is 0.508. The van der Waals surface area contributed by atoms with E-state index in [2.05, 4.69) is 9.50 Å². The van der Waals surface area contributed by atoms with E-state index in [-0.39, 0.29) is 5.84 Å². The van der Waals surface area contributed by atoms with Crippen LogP contribution in [-0.4, -0.2) is 10.8 Å². The predicted octanol–water partition coefficient (Wildman–Crippen LogP) is 1.25. The maximum absolute atomic E-state index is 5.40. The summed E-state index contributed by atoms with van der Waals surface area (Å²) in [5, 5.41) is 0. The standard InChI is InChI=1S/C7H8ClN3/c1-5-2-3-6(10-4-5)7(9)11-8/h2-4H,1H3,(H2,9,11). The van der Waals surface area contributed by atoms with Crippen molar-refractivity contribution in [3.63, 3.8) is 0 Å². The minimum atomic E-state index is 0.242. The van der Waals surface area contributed by atoms with Gasteiger partial charge in [0.1, 0.15) is 5.69 Å². The molecule has 0 unspecified atom stereocenters. The molecule has 4 heteroatoms. The van der Waals surface area contributed by atoms with Gasteiger partial charge >= 0.3 is 0 Å². The molecule has 0 aliphatic heterocycles. The van der Waals surface area contributed by atoms with Gasteiger partial charge < -0.3 is 5.73 Å². The third kappa shape index (κ3) is 1.91. The third-order valence-electron chi connectivity index (χ3n) is 1.26. The molecule has 58 valence electrons. The lowest BCUT2D eigenvalue weighted by Gasteiger charge is -1.96. The first-order chi connectivity index (χ1) is 5.24. The highest BCUT2D eigenvalue weighted by atomic mass is 35.5. The minimum Gasteiger partial charge on any atom is -0.381 e. The summed E-state index contributed by atoms with van der Waals surface area (Å²) in [7, 11) is 0. The second-order valence-electron chi connectivity index (χ2n) is 2.19. The van der Waals surface area contributed by atoms with Gasteiger partial charge in [0.05, 0.1) is 0 Å². The van der Waals surface area contributed by atoms with Gasteiger partial charge in [0.2, 0.25) is 0 Å². The van der Waals surface area contributed by atoms with Crippen molar-refractivity contribution in [3.05, 3.63) is 29.6 Å². The highest BCUT2D eigenvalue weighted by Crippen LogP contribution is 1.98. The Morgan fingerprint density at radius 3 is 2.82 bits per heavy atom. The van der Waals surface area contributed by atoms with E-state index in [4.69, 9.17) is 17.5 Å². The van der Waals surface area contributed by atoms with Crippen molar-refractivity contribution >= 4 is 17.6 Å². The molecule has 0 saturated carbocycles. The van der Waals surface area contributed by atoms with E-state index in [0.29, 0.717) is 5.69 Å². The van der Waals surface area contributed by atoms with E-state index in [1.54, 1.807) is 12.3 Å². The van der Waals surface area contributed by atoms with E-state index in [9.17, 15) is 0 Å². The molecular formula is C7H8ClN3. The highest BCUT2D eigenvalue weighted by molar-refractivity contribution is 6.21. The van der Waals surface area contributed by atoms with E-state index in [1.165, 1.54) is 0 Å². The van der Waals surface area contributed by atoms with Crippen molar-refractivity contribution < 1.29 is 0 Å².